The number of rotatable bonds is 2. The molecule has 2 aromatic carbocycles. The van der Waals surface area contributed by atoms with E-state index in [9.17, 15) is 14.7 Å². The van der Waals surface area contributed by atoms with Gasteiger partial charge < -0.3 is 10.0 Å². The van der Waals surface area contributed by atoms with Crippen molar-refractivity contribution in [3.63, 3.8) is 0 Å². The topological polar surface area (TPSA) is 57.6 Å². The largest absolute Gasteiger partial charge is 0.481 e. The van der Waals surface area contributed by atoms with E-state index < -0.39 is 11.9 Å². The Labute approximate surface area is 140 Å². The molecule has 0 radical (unpaired) electrons. The first-order valence-electron chi connectivity index (χ1n) is 8.40. The van der Waals surface area contributed by atoms with Crippen molar-refractivity contribution < 1.29 is 14.7 Å². The lowest BCUT2D eigenvalue weighted by molar-refractivity contribution is -0.138. The van der Waals surface area contributed by atoms with Gasteiger partial charge in [-0.2, -0.15) is 0 Å². The first kappa shape index (κ1) is 14.9. The second-order valence-electron chi connectivity index (χ2n) is 6.56. The number of aliphatic carboxylic acids is 1. The lowest BCUT2D eigenvalue weighted by atomic mass is 9.90. The molecule has 1 aliphatic carbocycles. The highest BCUT2D eigenvalue weighted by molar-refractivity contribution is 6.08. The standard InChI is InChI=1S/C20H19NO3/c22-19(15-10-9-13-5-1-2-6-14(13)11-15)21-12-17(20(23)24)16-7-3-4-8-18(16)21/h3-4,7-11,17H,1-2,5-6,12H2,(H,23,24). The summed E-state index contributed by atoms with van der Waals surface area (Å²) in [6, 6.07) is 13.2. The Morgan fingerprint density at radius 3 is 2.54 bits per heavy atom. The van der Waals surface area contributed by atoms with E-state index in [1.165, 1.54) is 17.5 Å². The minimum Gasteiger partial charge on any atom is -0.481 e. The second-order valence-corrected chi connectivity index (χ2v) is 6.56. The quantitative estimate of drug-likeness (QED) is 0.922. The summed E-state index contributed by atoms with van der Waals surface area (Å²) in [5, 5.41) is 9.45. The van der Waals surface area contributed by atoms with Crippen LogP contribution < -0.4 is 4.90 Å². The van der Waals surface area contributed by atoms with Crippen LogP contribution in [-0.4, -0.2) is 23.5 Å². The highest BCUT2D eigenvalue weighted by Gasteiger charge is 2.36. The predicted octanol–water partition coefficient (Wildman–Crippen LogP) is 3.39. The molecule has 1 N–H and O–H groups in total. The van der Waals surface area contributed by atoms with Crippen LogP contribution in [0.1, 0.15) is 45.8 Å². The van der Waals surface area contributed by atoms with Gasteiger partial charge in [-0.1, -0.05) is 24.3 Å². The fourth-order valence-corrected chi connectivity index (χ4v) is 3.83. The predicted molar refractivity (Wildman–Crippen MR) is 91.6 cm³/mol. The summed E-state index contributed by atoms with van der Waals surface area (Å²) in [6.45, 7) is 0.199. The molecule has 122 valence electrons. The summed E-state index contributed by atoms with van der Waals surface area (Å²) in [6.07, 6.45) is 4.47. The van der Waals surface area contributed by atoms with Gasteiger partial charge in [-0.25, -0.2) is 0 Å². The second kappa shape index (κ2) is 5.78. The normalized spacial score (nSPS) is 18.8. The Hall–Kier alpha value is -2.62. The molecular weight excluding hydrogens is 302 g/mol. The summed E-state index contributed by atoms with van der Waals surface area (Å²) >= 11 is 0. The summed E-state index contributed by atoms with van der Waals surface area (Å²) in [5.74, 6) is -1.65. The lowest BCUT2D eigenvalue weighted by Gasteiger charge is -2.20. The third-order valence-corrected chi connectivity index (χ3v) is 5.11. The molecule has 1 unspecified atom stereocenters. The Morgan fingerprint density at radius 1 is 1.00 bits per heavy atom. The molecule has 1 amide bonds. The molecule has 0 aromatic heterocycles. The van der Waals surface area contributed by atoms with E-state index in [0.717, 1.165) is 24.8 Å². The first-order valence-corrected chi connectivity index (χ1v) is 8.40. The third kappa shape index (κ3) is 2.39. The van der Waals surface area contributed by atoms with E-state index in [4.69, 9.17) is 0 Å². The maximum atomic E-state index is 13.0. The van der Waals surface area contributed by atoms with Crippen molar-refractivity contribution in [3.8, 4) is 0 Å². The molecule has 24 heavy (non-hydrogen) atoms. The van der Waals surface area contributed by atoms with Crippen LogP contribution in [0.3, 0.4) is 0 Å². The first-order chi connectivity index (χ1) is 11.6. The van der Waals surface area contributed by atoms with Gasteiger partial charge in [-0.15, -0.1) is 0 Å². The number of aryl methyl sites for hydroxylation is 2. The fraction of sp³-hybridized carbons (Fsp3) is 0.300. The Morgan fingerprint density at radius 2 is 1.75 bits per heavy atom. The SMILES string of the molecule is O=C(O)C1CN(C(=O)c2ccc3c(c2)CCCC3)c2ccccc21. The summed E-state index contributed by atoms with van der Waals surface area (Å²) in [4.78, 5) is 26.1. The molecule has 0 saturated heterocycles. The van der Waals surface area contributed by atoms with Gasteiger partial charge in [0.05, 0.1) is 0 Å². The van der Waals surface area contributed by atoms with E-state index in [2.05, 4.69) is 6.07 Å². The van der Waals surface area contributed by atoms with Gasteiger partial charge in [-0.3, -0.25) is 9.59 Å². The van der Waals surface area contributed by atoms with Crippen LogP contribution in [0.15, 0.2) is 42.5 Å². The number of nitrogens with zero attached hydrogens (tertiary/aromatic N) is 1. The molecule has 2 aliphatic rings. The van der Waals surface area contributed by atoms with Crippen LogP contribution >= 0.6 is 0 Å². The molecule has 4 heteroatoms. The van der Waals surface area contributed by atoms with Crippen molar-refractivity contribution >= 4 is 17.6 Å². The van der Waals surface area contributed by atoms with Gasteiger partial charge >= 0.3 is 5.97 Å². The van der Waals surface area contributed by atoms with Gasteiger partial charge in [0.1, 0.15) is 5.92 Å². The number of fused-ring (bicyclic) bond motifs is 2. The van der Waals surface area contributed by atoms with Crippen LogP contribution in [0.5, 0.6) is 0 Å². The molecule has 0 bridgehead atoms. The summed E-state index contributed by atoms with van der Waals surface area (Å²) in [7, 11) is 0. The average Bonchev–Trinajstić information content (AvgIpc) is 3.00. The molecule has 0 spiro atoms. The van der Waals surface area contributed by atoms with Crippen LogP contribution in [0.4, 0.5) is 5.69 Å². The smallest absolute Gasteiger partial charge is 0.312 e. The van der Waals surface area contributed by atoms with E-state index in [1.54, 1.807) is 11.0 Å². The zero-order valence-electron chi connectivity index (χ0n) is 13.4. The number of amides is 1. The minimum absolute atomic E-state index is 0.112. The summed E-state index contributed by atoms with van der Waals surface area (Å²) < 4.78 is 0. The number of hydrogen-bond donors (Lipinski definition) is 1. The number of carbonyl (C=O) groups is 2. The molecule has 1 heterocycles. The molecule has 4 nitrogen and oxygen atoms in total. The molecule has 1 aliphatic heterocycles. The Bertz CT molecular complexity index is 827. The maximum Gasteiger partial charge on any atom is 0.312 e. The molecule has 2 aromatic rings. The number of hydrogen-bond acceptors (Lipinski definition) is 2. The van der Waals surface area contributed by atoms with Gasteiger partial charge in [-0.05, 0) is 60.6 Å². The molecular formula is C20H19NO3. The molecule has 0 fully saturated rings. The van der Waals surface area contributed by atoms with Crippen molar-refractivity contribution in [2.75, 3.05) is 11.4 Å². The maximum absolute atomic E-state index is 13.0. The van der Waals surface area contributed by atoms with Crippen LogP contribution in [0.25, 0.3) is 0 Å². The number of carboxylic acid groups (broad SMARTS) is 1. The van der Waals surface area contributed by atoms with Crippen LogP contribution in [-0.2, 0) is 17.6 Å². The average molecular weight is 321 g/mol. The molecule has 0 saturated carbocycles. The van der Waals surface area contributed by atoms with Gasteiger partial charge in [0.15, 0.2) is 0 Å². The van der Waals surface area contributed by atoms with Crippen molar-refractivity contribution in [2.24, 2.45) is 0 Å². The third-order valence-electron chi connectivity index (χ3n) is 5.11. The van der Waals surface area contributed by atoms with E-state index in [0.29, 0.717) is 11.3 Å². The van der Waals surface area contributed by atoms with E-state index >= 15 is 0 Å². The van der Waals surface area contributed by atoms with Crippen LogP contribution in [0.2, 0.25) is 0 Å². The number of anilines is 1. The zero-order chi connectivity index (χ0) is 16.7. The number of carbonyl (C=O) groups excluding carboxylic acids is 1. The number of benzene rings is 2. The number of para-hydroxylation sites is 1. The number of carboxylic acids is 1. The molecule has 1 atom stereocenters. The van der Waals surface area contributed by atoms with Gasteiger partial charge in [0, 0.05) is 17.8 Å². The zero-order valence-corrected chi connectivity index (χ0v) is 13.4. The van der Waals surface area contributed by atoms with Crippen molar-refractivity contribution in [3.05, 3.63) is 64.7 Å². The molecule has 4 rings (SSSR count). The van der Waals surface area contributed by atoms with Gasteiger partial charge in [0.25, 0.3) is 5.91 Å². The van der Waals surface area contributed by atoms with Crippen LogP contribution in [0, 0.1) is 0 Å². The van der Waals surface area contributed by atoms with Crippen molar-refractivity contribution in [2.45, 2.75) is 31.6 Å². The lowest BCUT2D eigenvalue weighted by Crippen LogP contribution is -2.31. The Balaban J connectivity index is 1.69. The van der Waals surface area contributed by atoms with Crippen molar-refractivity contribution in [1.82, 2.24) is 0 Å². The van der Waals surface area contributed by atoms with E-state index in [1.807, 2.05) is 30.3 Å². The fourth-order valence-electron chi connectivity index (χ4n) is 3.83. The monoisotopic (exact) mass is 321 g/mol. The van der Waals surface area contributed by atoms with Crippen molar-refractivity contribution in [1.29, 1.82) is 0 Å². The Kier molecular flexibility index (Phi) is 3.60. The minimum atomic E-state index is -0.886. The highest BCUT2D eigenvalue weighted by Crippen LogP contribution is 2.37. The van der Waals surface area contributed by atoms with E-state index in [-0.39, 0.29) is 12.5 Å². The summed E-state index contributed by atoms with van der Waals surface area (Å²) in [5.41, 5.74) is 4.68. The van der Waals surface area contributed by atoms with Gasteiger partial charge in [0.2, 0.25) is 0 Å². The highest BCUT2D eigenvalue weighted by atomic mass is 16.4.